The van der Waals surface area contributed by atoms with Gasteiger partial charge in [0.2, 0.25) is 23.6 Å². The van der Waals surface area contributed by atoms with Crippen LogP contribution in [0, 0.1) is 56.8 Å². The van der Waals surface area contributed by atoms with E-state index in [9.17, 15) is 32.4 Å². The van der Waals surface area contributed by atoms with Gasteiger partial charge in [0.1, 0.15) is 54.9 Å². The maximum absolute atomic E-state index is 14.5. The lowest BCUT2D eigenvalue weighted by Crippen LogP contribution is -2.58. The van der Waals surface area contributed by atoms with Crippen LogP contribution in [0.15, 0.2) is 59.0 Å². The maximum atomic E-state index is 14.5. The number of nitrogens with one attached hydrogen (secondary N) is 3. The molecule has 24 heteroatoms. The second kappa shape index (κ2) is 25.7. The zero-order valence-electron chi connectivity index (χ0n) is 45.4. The van der Waals surface area contributed by atoms with E-state index in [1.807, 2.05) is 66.9 Å². The highest BCUT2D eigenvalue weighted by Gasteiger charge is 2.46. The molecule has 19 nitrogen and oxygen atoms in total. The van der Waals surface area contributed by atoms with Crippen molar-refractivity contribution in [3.05, 3.63) is 104 Å². The summed E-state index contributed by atoms with van der Waals surface area (Å²) in [4.78, 5) is 81.1. The van der Waals surface area contributed by atoms with Gasteiger partial charge in [0.05, 0.1) is 46.1 Å². The normalized spacial score (nSPS) is 16.4. The first-order valence-corrected chi connectivity index (χ1v) is 30.4. The summed E-state index contributed by atoms with van der Waals surface area (Å²) in [5.74, 6) is 10.0. The average molecular weight is 1170 g/mol. The molecule has 0 unspecified atom stereocenters. The fraction of sp³-hybridized carbons (Fsp3) is 0.436. The smallest absolute Gasteiger partial charge is 0.433 e. The topological polar surface area (TPSA) is 242 Å². The third kappa shape index (κ3) is 15.8. The van der Waals surface area contributed by atoms with Crippen molar-refractivity contribution >= 4 is 89.4 Å². The van der Waals surface area contributed by atoms with Crippen LogP contribution in [0.2, 0.25) is 5.02 Å². The van der Waals surface area contributed by atoms with Gasteiger partial charge in [-0.3, -0.25) is 28.7 Å². The van der Waals surface area contributed by atoms with Gasteiger partial charge in [-0.15, -0.1) is 32.9 Å². The van der Waals surface area contributed by atoms with Gasteiger partial charge in [0, 0.05) is 40.2 Å². The standard InChI is InChI=1S/C55H62ClN9O10S4/c1-32-34(3)77-52-45(32)46(37-19-21-39(56)22-20-37)60-41(49-63-62-35(4)65(49)52)26-43(66)57-23-13-11-12-14-24-73-29-44(67)61-48(54(5,6)7)51(69)64-28-40(75-53(70)74-30-55(8,9)78-79(10,71)72)25-42(64)50(68)58-27-36-15-17-38(18-16-36)47-33(2)59-31-76-47/h15-22,31,40-42,48H,23-30H2,1-10H3,(H,57,66)(H,58,68)(H,61,67)/t40-,41+,42+,48-/m1/s1. The van der Waals surface area contributed by atoms with E-state index >= 15 is 0 Å². The number of thiophene rings is 1. The molecule has 0 aliphatic carbocycles. The van der Waals surface area contributed by atoms with Crippen molar-refractivity contribution < 1.29 is 46.6 Å². The van der Waals surface area contributed by atoms with E-state index < -0.39 is 73.7 Å². The molecule has 4 atom stereocenters. The molecule has 0 saturated carbocycles. The summed E-state index contributed by atoms with van der Waals surface area (Å²) in [6.07, 6.45) is -1.12. The molecule has 3 N–H and O–H groups in total. The molecule has 5 heterocycles. The van der Waals surface area contributed by atoms with Crippen molar-refractivity contribution in [2.75, 3.05) is 39.2 Å². The fourth-order valence-electron chi connectivity index (χ4n) is 8.78. The van der Waals surface area contributed by atoms with Crippen molar-refractivity contribution in [3.8, 4) is 39.1 Å². The number of likely N-dealkylation sites (tertiary alicyclic amines) is 1. The van der Waals surface area contributed by atoms with Crippen LogP contribution in [0.25, 0.3) is 15.4 Å². The van der Waals surface area contributed by atoms with Gasteiger partial charge in [0.25, 0.3) is 0 Å². The van der Waals surface area contributed by atoms with Gasteiger partial charge >= 0.3 is 6.16 Å². The number of halogens is 1. The molecule has 4 amide bonds. The number of ether oxygens (including phenoxy) is 3. The van der Waals surface area contributed by atoms with Crippen molar-refractivity contribution in [2.24, 2.45) is 10.4 Å². The molecule has 2 aliphatic rings. The number of hydrogen-bond acceptors (Lipinski definition) is 17. The Morgan fingerprint density at radius 3 is 2.29 bits per heavy atom. The first kappa shape index (κ1) is 60.0. The first-order chi connectivity index (χ1) is 37.3. The molecule has 418 valence electrons. The number of aryl methyl sites for hydroxylation is 3. The molecule has 2 aliphatic heterocycles. The van der Waals surface area contributed by atoms with E-state index in [0.29, 0.717) is 27.5 Å². The molecule has 79 heavy (non-hydrogen) atoms. The highest BCUT2D eigenvalue weighted by Crippen LogP contribution is 2.40. The molecule has 0 bridgehead atoms. The van der Waals surface area contributed by atoms with Crippen LogP contribution in [0.1, 0.15) is 98.0 Å². The minimum Gasteiger partial charge on any atom is -0.433 e. The lowest BCUT2D eigenvalue weighted by molar-refractivity contribution is -0.144. The summed E-state index contributed by atoms with van der Waals surface area (Å²) in [6, 6.07) is 12.2. The van der Waals surface area contributed by atoms with Gasteiger partial charge in [-0.05, 0) is 98.4 Å². The first-order valence-electron chi connectivity index (χ1n) is 25.1. The van der Waals surface area contributed by atoms with Crippen LogP contribution in [0.3, 0.4) is 0 Å². The number of carbonyl (C=O) groups is 5. The van der Waals surface area contributed by atoms with Crippen molar-refractivity contribution in [3.63, 3.8) is 0 Å². The highest BCUT2D eigenvalue weighted by atomic mass is 35.5. The number of aromatic nitrogens is 4. The van der Waals surface area contributed by atoms with E-state index in [1.165, 1.54) is 16.2 Å². The quantitative estimate of drug-likeness (QED) is 0.0340. The molecule has 1 saturated heterocycles. The largest absolute Gasteiger partial charge is 0.508 e. The summed E-state index contributed by atoms with van der Waals surface area (Å²) < 4.78 is 41.2. The average Bonchev–Trinajstić information content (AvgIpc) is 4.35. The monoisotopic (exact) mass is 1170 g/mol. The Morgan fingerprint density at radius 2 is 1.62 bits per heavy atom. The predicted molar refractivity (Wildman–Crippen MR) is 306 cm³/mol. The SMILES string of the molecule is Cc1ncsc1-c1ccc(CNC(=O)[C@@H]2C[C@@H](OC(=O)OCC(C)(C)SS(C)(=O)=O)CN2C(=O)[C@@H](NC(=O)COCC#CC#CCNC(=O)C[C@@H]2N=C(c3ccc(Cl)cc3)c3c(sc(C)c3C)-n3c(C)nnc32)C(C)(C)C)cc1. The zero-order valence-corrected chi connectivity index (χ0v) is 49.5. The number of hydrogen-bond donors (Lipinski definition) is 3. The van der Waals surface area contributed by atoms with E-state index in [0.717, 1.165) is 60.2 Å². The third-order valence-electron chi connectivity index (χ3n) is 12.6. The third-order valence-corrected chi connectivity index (χ3v) is 18.2. The van der Waals surface area contributed by atoms with Gasteiger partial charge in [-0.2, -0.15) is 0 Å². The highest BCUT2D eigenvalue weighted by molar-refractivity contribution is 8.72. The Balaban J connectivity index is 0.933. The van der Waals surface area contributed by atoms with Crippen LogP contribution in [0.5, 0.6) is 0 Å². The molecule has 5 aromatic rings. The van der Waals surface area contributed by atoms with Crippen LogP contribution in [-0.4, -0.2) is 131 Å². The molecular formula is C55H62ClN9O10S4. The second-order valence-electron chi connectivity index (χ2n) is 20.6. The zero-order chi connectivity index (χ0) is 57.4. The summed E-state index contributed by atoms with van der Waals surface area (Å²) in [5.41, 5.74) is 7.23. The molecule has 3 aromatic heterocycles. The van der Waals surface area contributed by atoms with Crippen LogP contribution in [-0.2, 0) is 48.8 Å². The Morgan fingerprint density at radius 1 is 0.924 bits per heavy atom. The second-order valence-corrected chi connectivity index (χ2v) is 28.1. The van der Waals surface area contributed by atoms with E-state index in [2.05, 4.69) is 68.7 Å². The minimum absolute atomic E-state index is 0.000320. The van der Waals surface area contributed by atoms with Crippen LogP contribution < -0.4 is 16.0 Å². The number of carbonyl (C=O) groups excluding carboxylic acids is 5. The molecule has 1 fully saturated rings. The number of rotatable bonds is 18. The summed E-state index contributed by atoms with van der Waals surface area (Å²) in [5, 5.41) is 18.8. The Hall–Kier alpha value is -6.60. The lowest BCUT2D eigenvalue weighted by Gasteiger charge is -2.35. The number of thiazole rings is 1. The van der Waals surface area contributed by atoms with Gasteiger partial charge in [-0.25, -0.2) is 18.2 Å². The molecule has 0 spiro atoms. The molecule has 2 aromatic carbocycles. The molecule has 0 radical (unpaired) electrons. The van der Waals surface area contributed by atoms with Gasteiger partial charge in [-0.1, -0.05) is 80.6 Å². The number of nitrogens with zero attached hydrogens (tertiary/aromatic N) is 6. The van der Waals surface area contributed by atoms with Crippen molar-refractivity contribution in [1.29, 1.82) is 0 Å². The van der Waals surface area contributed by atoms with Crippen LogP contribution >= 0.6 is 45.1 Å². The minimum atomic E-state index is -3.46. The Kier molecular flexibility index (Phi) is 19.5. The van der Waals surface area contributed by atoms with Crippen molar-refractivity contribution in [1.82, 2.24) is 40.6 Å². The number of fused-ring (bicyclic) bond motifs is 3. The number of aliphatic imine (C=N–C) groups is 1. The lowest BCUT2D eigenvalue weighted by atomic mass is 9.85. The number of amides is 4. The van der Waals surface area contributed by atoms with E-state index in [-0.39, 0.29) is 51.6 Å². The predicted octanol–water partition coefficient (Wildman–Crippen LogP) is 7.20. The molecular weight excluding hydrogens is 1110 g/mol. The van der Waals surface area contributed by atoms with E-state index in [1.54, 1.807) is 51.5 Å². The van der Waals surface area contributed by atoms with Crippen LogP contribution in [0.4, 0.5) is 4.79 Å². The van der Waals surface area contributed by atoms with Gasteiger partial charge in [0.15, 0.2) is 14.7 Å². The summed E-state index contributed by atoms with van der Waals surface area (Å²) in [6.45, 7) is 15.4. The summed E-state index contributed by atoms with van der Waals surface area (Å²) >= 11 is 9.39. The molecule has 7 rings (SSSR count). The van der Waals surface area contributed by atoms with Gasteiger partial charge < -0.3 is 35.1 Å². The number of benzene rings is 2. The van der Waals surface area contributed by atoms with Crippen molar-refractivity contribution in [2.45, 2.75) is 111 Å². The van der Waals surface area contributed by atoms with E-state index in [4.69, 9.17) is 30.8 Å². The Bertz CT molecular complexity index is 3380. The fourth-order valence-corrected chi connectivity index (χ4v) is 14.5. The maximum Gasteiger partial charge on any atom is 0.508 e. The summed E-state index contributed by atoms with van der Waals surface area (Å²) in [7, 11) is -2.83. The Labute approximate surface area is 476 Å².